The van der Waals surface area contributed by atoms with Crippen LogP contribution in [0.1, 0.15) is 0 Å². The smallest absolute Gasteiger partial charge is 0.186 e. The third kappa shape index (κ3) is 3.81. The molecule has 2 fully saturated rings. The van der Waals surface area contributed by atoms with E-state index >= 15 is 0 Å². The molecule has 2 rings (SSSR count). The van der Waals surface area contributed by atoms with Crippen molar-refractivity contribution in [2.75, 3.05) is 13.2 Å². The summed E-state index contributed by atoms with van der Waals surface area (Å²) in [6, 6.07) is 0. The van der Waals surface area contributed by atoms with Gasteiger partial charge in [-0.2, -0.15) is 0 Å². The van der Waals surface area contributed by atoms with Gasteiger partial charge in [0.05, 0.1) is 13.2 Å². The Labute approximate surface area is 130 Å². The molecular weight excluding hydrogens is 320 g/mol. The van der Waals surface area contributed by atoms with Crippen molar-refractivity contribution >= 4 is 0 Å². The van der Waals surface area contributed by atoms with Gasteiger partial charge in [0.2, 0.25) is 0 Å². The monoisotopic (exact) mass is 342 g/mol. The third-order valence-corrected chi connectivity index (χ3v) is 3.96. The molecule has 136 valence electrons. The summed E-state index contributed by atoms with van der Waals surface area (Å²) in [5.41, 5.74) is 0. The summed E-state index contributed by atoms with van der Waals surface area (Å²) in [4.78, 5) is 0. The molecule has 10 atom stereocenters. The number of aliphatic hydroxyl groups is 8. The lowest BCUT2D eigenvalue weighted by molar-refractivity contribution is -0.325. The molecule has 0 aromatic carbocycles. The molecule has 0 spiro atoms. The lowest BCUT2D eigenvalue weighted by Crippen LogP contribution is -2.61. The Balaban J connectivity index is 1.94. The normalized spacial score (nSPS) is 51.7. The van der Waals surface area contributed by atoms with Gasteiger partial charge in [-0.25, -0.2) is 0 Å². The molecule has 2 aliphatic rings. The van der Waals surface area contributed by atoms with Crippen LogP contribution in [0.3, 0.4) is 0 Å². The van der Waals surface area contributed by atoms with Crippen LogP contribution in [0.2, 0.25) is 0 Å². The fraction of sp³-hybridized carbons (Fsp3) is 1.00. The van der Waals surface area contributed by atoms with Crippen LogP contribution in [0.4, 0.5) is 0 Å². The Morgan fingerprint density at radius 2 is 1.22 bits per heavy atom. The molecule has 0 bridgehead atoms. The van der Waals surface area contributed by atoms with Crippen LogP contribution >= 0.6 is 0 Å². The molecule has 0 amide bonds. The highest BCUT2D eigenvalue weighted by Crippen LogP contribution is 2.24. The van der Waals surface area contributed by atoms with Crippen molar-refractivity contribution in [2.45, 2.75) is 61.4 Å². The first-order chi connectivity index (χ1) is 10.8. The number of ether oxygens (including phenoxy) is 3. The van der Waals surface area contributed by atoms with Crippen LogP contribution in [0.25, 0.3) is 0 Å². The average molecular weight is 342 g/mol. The van der Waals surface area contributed by atoms with Gasteiger partial charge in [0.1, 0.15) is 48.8 Å². The van der Waals surface area contributed by atoms with Crippen LogP contribution in [0, 0.1) is 0 Å². The SMILES string of the molecule is OC[C@H]1O[C@H](OC[C@H]2O[C@@H](O)[C@H](O)[C@H](O)[C@@H]2O)[C@H](O)[C@H](O)[C@@H]1O. The Kier molecular flexibility index (Phi) is 6.27. The maximum Gasteiger partial charge on any atom is 0.186 e. The van der Waals surface area contributed by atoms with Crippen LogP contribution in [-0.2, 0) is 14.2 Å². The minimum atomic E-state index is -1.74. The molecule has 23 heavy (non-hydrogen) atoms. The van der Waals surface area contributed by atoms with E-state index in [0.717, 1.165) is 0 Å². The predicted molar refractivity (Wildman–Crippen MR) is 68.6 cm³/mol. The molecule has 11 heteroatoms. The first-order valence-electron chi connectivity index (χ1n) is 7.07. The van der Waals surface area contributed by atoms with Crippen LogP contribution < -0.4 is 0 Å². The average Bonchev–Trinajstić information content (AvgIpc) is 2.54. The first-order valence-corrected chi connectivity index (χ1v) is 7.07. The van der Waals surface area contributed by atoms with Gasteiger partial charge in [-0.05, 0) is 0 Å². The summed E-state index contributed by atoms with van der Waals surface area (Å²) in [6.07, 6.45) is -15.3. The molecule has 0 saturated carbocycles. The molecule has 2 saturated heterocycles. The number of hydrogen-bond acceptors (Lipinski definition) is 11. The van der Waals surface area contributed by atoms with Crippen molar-refractivity contribution in [3.05, 3.63) is 0 Å². The molecule has 0 aromatic heterocycles. The van der Waals surface area contributed by atoms with Gasteiger partial charge in [-0.1, -0.05) is 0 Å². The maximum atomic E-state index is 9.78. The van der Waals surface area contributed by atoms with E-state index in [9.17, 15) is 35.7 Å². The second-order valence-corrected chi connectivity index (χ2v) is 5.57. The summed E-state index contributed by atoms with van der Waals surface area (Å²) in [6.45, 7) is -1.10. The standard InChI is InChI=1S/C12H22O11/c13-1-3-5(14)8(17)10(19)12(23-3)21-2-4-6(15)7(16)9(18)11(20)22-4/h3-20H,1-2H2/t3-,4-,5-,6-,7-,8-,9-,10-,11-,12+/m1/s1. The van der Waals surface area contributed by atoms with E-state index < -0.39 is 74.6 Å². The molecule has 2 aliphatic heterocycles. The fourth-order valence-corrected chi connectivity index (χ4v) is 2.46. The molecule has 8 N–H and O–H groups in total. The van der Waals surface area contributed by atoms with E-state index in [4.69, 9.17) is 19.3 Å². The van der Waals surface area contributed by atoms with Gasteiger partial charge >= 0.3 is 0 Å². The van der Waals surface area contributed by atoms with Crippen molar-refractivity contribution < 1.29 is 55.1 Å². The molecular formula is C12H22O11. The molecule has 2 heterocycles. The van der Waals surface area contributed by atoms with Gasteiger partial charge in [0.15, 0.2) is 12.6 Å². The molecule has 0 aliphatic carbocycles. The maximum absolute atomic E-state index is 9.78. The topological polar surface area (TPSA) is 190 Å². The second kappa shape index (κ2) is 7.63. The lowest BCUT2D eigenvalue weighted by atomic mass is 9.98. The van der Waals surface area contributed by atoms with Crippen molar-refractivity contribution in [1.29, 1.82) is 0 Å². The zero-order chi connectivity index (χ0) is 17.3. The Hall–Kier alpha value is -0.440. The quantitative estimate of drug-likeness (QED) is 0.243. The van der Waals surface area contributed by atoms with Crippen molar-refractivity contribution in [2.24, 2.45) is 0 Å². The summed E-state index contributed by atoms with van der Waals surface area (Å²) in [5.74, 6) is 0. The summed E-state index contributed by atoms with van der Waals surface area (Å²) in [7, 11) is 0. The van der Waals surface area contributed by atoms with Crippen molar-refractivity contribution in [1.82, 2.24) is 0 Å². The van der Waals surface area contributed by atoms with E-state index in [1.54, 1.807) is 0 Å². The zero-order valence-electron chi connectivity index (χ0n) is 12.0. The highest BCUT2D eigenvalue weighted by molar-refractivity contribution is 4.91. The minimum Gasteiger partial charge on any atom is -0.394 e. The third-order valence-electron chi connectivity index (χ3n) is 3.96. The fourth-order valence-electron chi connectivity index (χ4n) is 2.46. The van der Waals surface area contributed by atoms with Gasteiger partial charge in [-0.3, -0.25) is 0 Å². The Morgan fingerprint density at radius 1 is 0.652 bits per heavy atom. The van der Waals surface area contributed by atoms with Crippen molar-refractivity contribution in [3.63, 3.8) is 0 Å². The first kappa shape index (κ1) is 18.9. The van der Waals surface area contributed by atoms with Crippen molar-refractivity contribution in [3.8, 4) is 0 Å². The van der Waals surface area contributed by atoms with Gasteiger partial charge in [0, 0.05) is 0 Å². The molecule has 0 aromatic rings. The molecule has 0 radical (unpaired) electrons. The van der Waals surface area contributed by atoms with E-state index in [0.29, 0.717) is 0 Å². The van der Waals surface area contributed by atoms with E-state index in [2.05, 4.69) is 0 Å². The van der Waals surface area contributed by atoms with E-state index in [-0.39, 0.29) is 0 Å². The summed E-state index contributed by atoms with van der Waals surface area (Å²) in [5, 5.41) is 76.1. The van der Waals surface area contributed by atoms with E-state index in [1.807, 2.05) is 0 Å². The molecule has 0 unspecified atom stereocenters. The highest BCUT2D eigenvalue weighted by Gasteiger charge is 2.46. The lowest BCUT2D eigenvalue weighted by Gasteiger charge is -2.41. The second-order valence-electron chi connectivity index (χ2n) is 5.57. The minimum absolute atomic E-state index is 0.468. The molecule has 11 nitrogen and oxygen atoms in total. The Bertz CT molecular complexity index is 380. The van der Waals surface area contributed by atoms with Gasteiger partial charge in [0.25, 0.3) is 0 Å². The van der Waals surface area contributed by atoms with Gasteiger partial charge in [-0.15, -0.1) is 0 Å². The largest absolute Gasteiger partial charge is 0.394 e. The number of hydrogen-bond donors (Lipinski definition) is 8. The Morgan fingerprint density at radius 3 is 1.83 bits per heavy atom. The van der Waals surface area contributed by atoms with E-state index in [1.165, 1.54) is 0 Å². The number of aliphatic hydroxyl groups excluding tert-OH is 8. The van der Waals surface area contributed by atoms with Crippen LogP contribution in [-0.4, -0.2) is 115 Å². The summed E-state index contributed by atoms with van der Waals surface area (Å²) < 4.78 is 15.1. The van der Waals surface area contributed by atoms with Crippen LogP contribution in [0.15, 0.2) is 0 Å². The van der Waals surface area contributed by atoms with Crippen LogP contribution in [0.5, 0.6) is 0 Å². The summed E-state index contributed by atoms with van der Waals surface area (Å²) >= 11 is 0. The van der Waals surface area contributed by atoms with Gasteiger partial charge < -0.3 is 55.1 Å². The number of rotatable bonds is 4. The zero-order valence-corrected chi connectivity index (χ0v) is 12.0. The highest BCUT2D eigenvalue weighted by atomic mass is 16.7. The predicted octanol–water partition coefficient (Wildman–Crippen LogP) is -5.40.